The van der Waals surface area contributed by atoms with Crippen LogP contribution in [-0.2, 0) is 0 Å². The number of anilines is 1. The maximum Gasteiger partial charge on any atom is 0.138 e. The molecule has 3 aromatic rings. The molecule has 3 rings (SSSR count). The van der Waals surface area contributed by atoms with Crippen molar-refractivity contribution in [1.82, 2.24) is 9.97 Å². The number of hydrogen-bond acceptors (Lipinski definition) is 2. The Bertz CT molecular complexity index is 778. The molecule has 0 atom stereocenters. The van der Waals surface area contributed by atoms with Crippen molar-refractivity contribution in [2.24, 2.45) is 0 Å². The number of imidazole rings is 1. The smallest absolute Gasteiger partial charge is 0.138 e. The number of rotatable bonds is 1. The second kappa shape index (κ2) is 4.65. The molecule has 0 saturated carbocycles. The van der Waals surface area contributed by atoms with Gasteiger partial charge in [0.05, 0.1) is 5.52 Å². The normalized spacial score (nSPS) is 11.1. The van der Waals surface area contributed by atoms with Crippen LogP contribution < -0.4 is 5.73 Å². The fourth-order valence-electron chi connectivity index (χ4n) is 1.97. The standard InChI is InChI=1S/C14H11Br2N3/c1-7-2-3-8(4-11(7)17)14-18-12-6-9(15)5-10(16)13(12)19-14/h2-6H,17H2,1H3,(H,18,19). The first-order chi connectivity index (χ1) is 9.04. The summed E-state index contributed by atoms with van der Waals surface area (Å²) >= 11 is 6.99. The first kappa shape index (κ1) is 12.7. The van der Waals surface area contributed by atoms with Crippen LogP contribution in [-0.4, -0.2) is 9.97 Å². The SMILES string of the molecule is Cc1ccc(-c2nc3c(Br)cc(Br)cc3[nH]2)cc1N. The van der Waals surface area contributed by atoms with Crippen LogP contribution in [0.1, 0.15) is 5.56 Å². The molecule has 96 valence electrons. The van der Waals surface area contributed by atoms with Crippen molar-refractivity contribution in [2.75, 3.05) is 5.73 Å². The highest BCUT2D eigenvalue weighted by Crippen LogP contribution is 2.30. The average Bonchev–Trinajstić information content (AvgIpc) is 2.76. The minimum absolute atomic E-state index is 0.776. The summed E-state index contributed by atoms with van der Waals surface area (Å²) < 4.78 is 1.96. The van der Waals surface area contributed by atoms with E-state index in [2.05, 4.69) is 41.8 Å². The Morgan fingerprint density at radius 3 is 2.68 bits per heavy atom. The van der Waals surface area contributed by atoms with E-state index in [0.29, 0.717) is 0 Å². The molecular weight excluding hydrogens is 370 g/mol. The molecule has 0 aliphatic heterocycles. The van der Waals surface area contributed by atoms with Gasteiger partial charge in [0.25, 0.3) is 0 Å². The maximum atomic E-state index is 5.95. The largest absolute Gasteiger partial charge is 0.398 e. The van der Waals surface area contributed by atoms with Crippen LogP contribution in [0, 0.1) is 6.92 Å². The third-order valence-corrected chi connectivity index (χ3v) is 4.12. The number of hydrogen-bond donors (Lipinski definition) is 2. The Labute approximate surface area is 127 Å². The Morgan fingerprint density at radius 1 is 1.16 bits per heavy atom. The fraction of sp³-hybridized carbons (Fsp3) is 0.0714. The van der Waals surface area contributed by atoms with E-state index in [-0.39, 0.29) is 0 Å². The van der Waals surface area contributed by atoms with E-state index in [1.54, 1.807) is 0 Å². The van der Waals surface area contributed by atoms with Crippen molar-refractivity contribution in [1.29, 1.82) is 0 Å². The molecule has 0 amide bonds. The third-order valence-electron chi connectivity index (χ3n) is 3.06. The topological polar surface area (TPSA) is 54.7 Å². The molecule has 0 aliphatic carbocycles. The molecule has 0 bridgehead atoms. The monoisotopic (exact) mass is 379 g/mol. The zero-order valence-corrected chi connectivity index (χ0v) is 13.3. The van der Waals surface area contributed by atoms with Gasteiger partial charge in [-0.2, -0.15) is 0 Å². The summed E-state index contributed by atoms with van der Waals surface area (Å²) in [4.78, 5) is 7.93. The number of benzene rings is 2. The number of fused-ring (bicyclic) bond motifs is 1. The van der Waals surface area contributed by atoms with Crippen LogP contribution >= 0.6 is 31.9 Å². The highest BCUT2D eigenvalue weighted by Gasteiger charge is 2.09. The van der Waals surface area contributed by atoms with E-state index in [0.717, 1.165) is 42.6 Å². The summed E-state index contributed by atoms with van der Waals surface area (Å²) in [5, 5.41) is 0. The number of aromatic nitrogens is 2. The highest BCUT2D eigenvalue weighted by atomic mass is 79.9. The van der Waals surface area contributed by atoms with E-state index in [4.69, 9.17) is 5.73 Å². The zero-order chi connectivity index (χ0) is 13.6. The Balaban J connectivity index is 2.20. The summed E-state index contributed by atoms with van der Waals surface area (Å²) in [6.07, 6.45) is 0. The van der Waals surface area contributed by atoms with E-state index < -0.39 is 0 Å². The van der Waals surface area contributed by atoms with Gasteiger partial charge >= 0.3 is 0 Å². The lowest BCUT2D eigenvalue weighted by atomic mass is 10.1. The molecular formula is C14H11Br2N3. The van der Waals surface area contributed by atoms with Gasteiger partial charge in [-0.1, -0.05) is 28.1 Å². The lowest BCUT2D eigenvalue weighted by Crippen LogP contribution is -1.90. The van der Waals surface area contributed by atoms with Crippen molar-refractivity contribution < 1.29 is 0 Å². The molecule has 5 heteroatoms. The summed E-state index contributed by atoms with van der Waals surface area (Å²) in [7, 11) is 0. The highest BCUT2D eigenvalue weighted by molar-refractivity contribution is 9.11. The molecule has 2 aromatic carbocycles. The average molecular weight is 381 g/mol. The van der Waals surface area contributed by atoms with Gasteiger partial charge in [-0.05, 0) is 46.6 Å². The maximum absolute atomic E-state index is 5.95. The number of nitrogen functional groups attached to an aromatic ring is 1. The fourth-order valence-corrected chi connectivity index (χ4v) is 3.28. The molecule has 0 aliphatic rings. The van der Waals surface area contributed by atoms with Crippen LogP contribution in [0.4, 0.5) is 5.69 Å². The minimum atomic E-state index is 0.776. The van der Waals surface area contributed by atoms with Crippen molar-refractivity contribution in [2.45, 2.75) is 6.92 Å². The van der Waals surface area contributed by atoms with E-state index >= 15 is 0 Å². The van der Waals surface area contributed by atoms with Gasteiger partial charge in [0.2, 0.25) is 0 Å². The van der Waals surface area contributed by atoms with Crippen molar-refractivity contribution in [3.05, 3.63) is 44.8 Å². The first-order valence-electron chi connectivity index (χ1n) is 5.76. The Morgan fingerprint density at radius 2 is 1.95 bits per heavy atom. The number of aromatic amines is 1. The summed E-state index contributed by atoms with van der Waals surface area (Å²) in [6, 6.07) is 9.95. The van der Waals surface area contributed by atoms with Crippen LogP contribution in [0.25, 0.3) is 22.4 Å². The summed E-state index contributed by atoms with van der Waals surface area (Å²) in [5.74, 6) is 0.820. The van der Waals surface area contributed by atoms with Crippen LogP contribution in [0.15, 0.2) is 39.3 Å². The van der Waals surface area contributed by atoms with Crippen LogP contribution in [0.3, 0.4) is 0 Å². The molecule has 3 N–H and O–H groups in total. The van der Waals surface area contributed by atoms with Crippen LogP contribution in [0.2, 0.25) is 0 Å². The first-order valence-corrected chi connectivity index (χ1v) is 7.34. The molecule has 1 heterocycles. The van der Waals surface area contributed by atoms with E-state index in [1.165, 1.54) is 0 Å². The van der Waals surface area contributed by atoms with Gasteiger partial charge in [0.15, 0.2) is 0 Å². The number of halogens is 2. The molecule has 0 radical (unpaired) electrons. The molecule has 0 saturated heterocycles. The Hall–Kier alpha value is -1.33. The van der Waals surface area contributed by atoms with Crippen LogP contribution in [0.5, 0.6) is 0 Å². The third kappa shape index (κ3) is 2.28. The van der Waals surface area contributed by atoms with Crippen molar-refractivity contribution >= 4 is 48.6 Å². The molecule has 19 heavy (non-hydrogen) atoms. The van der Waals surface area contributed by atoms with E-state index in [1.807, 2.05) is 37.3 Å². The van der Waals surface area contributed by atoms with Gasteiger partial charge < -0.3 is 10.7 Å². The van der Waals surface area contributed by atoms with Gasteiger partial charge in [-0.15, -0.1) is 0 Å². The van der Waals surface area contributed by atoms with Gasteiger partial charge in [-0.25, -0.2) is 4.98 Å². The van der Waals surface area contributed by atoms with Gasteiger partial charge in [0.1, 0.15) is 11.3 Å². The predicted molar refractivity (Wildman–Crippen MR) is 86.1 cm³/mol. The number of H-pyrrole nitrogens is 1. The number of aryl methyl sites for hydroxylation is 1. The molecule has 3 nitrogen and oxygen atoms in total. The molecule has 0 fully saturated rings. The quantitative estimate of drug-likeness (QED) is 0.604. The lowest BCUT2D eigenvalue weighted by molar-refractivity contribution is 1.33. The number of nitrogens with two attached hydrogens (primary N) is 1. The second-order valence-corrected chi connectivity index (χ2v) is 6.21. The number of nitrogens with one attached hydrogen (secondary N) is 1. The van der Waals surface area contributed by atoms with Gasteiger partial charge in [-0.3, -0.25) is 0 Å². The zero-order valence-electron chi connectivity index (χ0n) is 10.2. The Kier molecular flexibility index (Phi) is 3.11. The minimum Gasteiger partial charge on any atom is -0.398 e. The van der Waals surface area contributed by atoms with Gasteiger partial charge in [0, 0.05) is 20.2 Å². The summed E-state index contributed by atoms with van der Waals surface area (Å²) in [5.41, 5.74) is 10.7. The van der Waals surface area contributed by atoms with E-state index in [9.17, 15) is 0 Å². The van der Waals surface area contributed by atoms with Crippen molar-refractivity contribution in [3.63, 3.8) is 0 Å². The predicted octanol–water partition coefficient (Wildman–Crippen LogP) is 4.65. The second-order valence-electron chi connectivity index (χ2n) is 4.44. The number of nitrogens with zero attached hydrogens (tertiary/aromatic N) is 1. The lowest BCUT2D eigenvalue weighted by Gasteiger charge is -2.01. The summed E-state index contributed by atoms with van der Waals surface area (Å²) in [6.45, 7) is 1.99. The molecule has 0 unspecified atom stereocenters. The van der Waals surface area contributed by atoms with Crippen molar-refractivity contribution in [3.8, 4) is 11.4 Å². The molecule has 0 spiro atoms. The molecule has 1 aromatic heterocycles.